The number of rotatable bonds is 7. The van der Waals surface area contributed by atoms with E-state index in [-0.39, 0.29) is 22.1 Å². The van der Waals surface area contributed by atoms with E-state index in [4.69, 9.17) is 9.26 Å². The van der Waals surface area contributed by atoms with Crippen LogP contribution in [0.3, 0.4) is 0 Å². The maximum atomic E-state index is 13.5. The first kappa shape index (κ1) is 22.9. The first-order valence-corrected chi connectivity index (χ1v) is 12.1. The minimum Gasteiger partial charge on any atom is -0.492 e. The molecule has 33 heavy (non-hydrogen) atoms. The van der Waals surface area contributed by atoms with Crippen LogP contribution < -0.4 is 10.1 Å². The molecular formula is C23H24FN3O5S. The zero-order valence-corrected chi connectivity index (χ0v) is 18.9. The summed E-state index contributed by atoms with van der Waals surface area (Å²) < 4.78 is 52.1. The van der Waals surface area contributed by atoms with Gasteiger partial charge in [-0.3, -0.25) is 4.79 Å². The van der Waals surface area contributed by atoms with Gasteiger partial charge < -0.3 is 14.6 Å². The number of hydrogen-bond donors (Lipinski definition) is 1. The quantitative estimate of drug-likeness (QED) is 0.549. The van der Waals surface area contributed by atoms with Crippen molar-refractivity contribution < 1.29 is 26.9 Å². The van der Waals surface area contributed by atoms with Gasteiger partial charge in [0.25, 0.3) is 5.91 Å². The summed E-state index contributed by atoms with van der Waals surface area (Å²) in [6.45, 7) is 2.97. The van der Waals surface area contributed by atoms with Crippen LogP contribution in [0.2, 0.25) is 0 Å². The molecule has 4 rings (SSSR count). The number of carbonyl (C=O) groups is 1. The second-order valence-corrected chi connectivity index (χ2v) is 9.51. The van der Waals surface area contributed by atoms with Crippen LogP contribution in [0.25, 0.3) is 11.3 Å². The number of halogens is 1. The molecule has 0 radical (unpaired) electrons. The van der Waals surface area contributed by atoms with E-state index in [9.17, 15) is 17.6 Å². The van der Waals surface area contributed by atoms with Crippen LogP contribution in [0.15, 0.2) is 57.9 Å². The number of anilines is 1. The van der Waals surface area contributed by atoms with Gasteiger partial charge in [0.15, 0.2) is 0 Å². The molecule has 1 saturated heterocycles. The highest BCUT2D eigenvalue weighted by atomic mass is 32.2. The Morgan fingerprint density at radius 1 is 1.15 bits per heavy atom. The SMILES string of the molecule is CCOc1ccc(NC(=O)c2cc(-c3cccc(F)c3)no2)cc1S(=O)(=O)N1CCCCC1. The van der Waals surface area contributed by atoms with E-state index in [1.807, 2.05) is 0 Å². The van der Waals surface area contributed by atoms with Gasteiger partial charge >= 0.3 is 0 Å². The van der Waals surface area contributed by atoms with E-state index in [2.05, 4.69) is 10.5 Å². The first-order chi connectivity index (χ1) is 15.9. The van der Waals surface area contributed by atoms with Crippen molar-refractivity contribution in [2.24, 2.45) is 0 Å². The molecule has 1 fully saturated rings. The molecule has 0 spiro atoms. The van der Waals surface area contributed by atoms with Gasteiger partial charge in [-0.1, -0.05) is 23.7 Å². The topological polar surface area (TPSA) is 102 Å². The second-order valence-electron chi connectivity index (χ2n) is 7.60. The Morgan fingerprint density at radius 3 is 2.67 bits per heavy atom. The Balaban J connectivity index is 1.58. The summed E-state index contributed by atoms with van der Waals surface area (Å²) >= 11 is 0. The molecule has 0 atom stereocenters. The highest BCUT2D eigenvalue weighted by Gasteiger charge is 2.29. The average Bonchev–Trinajstić information content (AvgIpc) is 3.31. The largest absolute Gasteiger partial charge is 0.492 e. The van der Waals surface area contributed by atoms with E-state index in [1.165, 1.54) is 40.7 Å². The lowest BCUT2D eigenvalue weighted by Crippen LogP contribution is -2.35. The molecule has 1 N–H and O–H groups in total. The van der Waals surface area contributed by atoms with Crippen molar-refractivity contribution in [3.63, 3.8) is 0 Å². The van der Waals surface area contributed by atoms with Crippen molar-refractivity contribution in [2.45, 2.75) is 31.1 Å². The Kier molecular flexibility index (Phi) is 6.75. The first-order valence-electron chi connectivity index (χ1n) is 10.7. The van der Waals surface area contributed by atoms with E-state index in [0.717, 1.165) is 19.3 Å². The lowest BCUT2D eigenvalue weighted by molar-refractivity contribution is 0.0988. The van der Waals surface area contributed by atoms with Crippen LogP contribution >= 0.6 is 0 Å². The number of ether oxygens (including phenoxy) is 1. The predicted octanol–water partition coefficient (Wildman–Crippen LogP) is 4.31. The fourth-order valence-electron chi connectivity index (χ4n) is 3.67. The molecule has 2 heterocycles. The molecule has 0 unspecified atom stereocenters. The average molecular weight is 474 g/mol. The maximum Gasteiger partial charge on any atom is 0.294 e. The fraction of sp³-hybridized carbons (Fsp3) is 0.304. The second kappa shape index (κ2) is 9.72. The predicted molar refractivity (Wildman–Crippen MR) is 120 cm³/mol. The van der Waals surface area contributed by atoms with Crippen LogP contribution in [0.4, 0.5) is 10.1 Å². The van der Waals surface area contributed by atoms with E-state index >= 15 is 0 Å². The Labute approximate surface area is 191 Å². The van der Waals surface area contributed by atoms with Gasteiger partial charge in [0.2, 0.25) is 15.8 Å². The van der Waals surface area contributed by atoms with Gasteiger partial charge in [0.1, 0.15) is 22.2 Å². The zero-order chi connectivity index (χ0) is 23.4. The standard InChI is InChI=1S/C23H24FN3O5S/c1-2-31-20-10-9-18(14-22(20)33(29,30)27-11-4-3-5-12-27)25-23(28)21-15-19(26-32-21)16-7-6-8-17(24)13-16/h6-10,13-15H,2-5,11-12H2,1H3,(H,25,28). The van der Waals surface area contributed by atoms with Gasteiger partial charge in [0.05, 0.1) is 6.61 Å². The summed E-state index contributed by atoms with van der Waals surface area (Å²) in [4.78, 5) is 12.7. The van der Waals surface area contributed by atoms with Gasteiger partial charge in [0, 0.05) is 30.4 Å². The molecule has 1 aliphatic heterocycles. The molecule has 1 amide bonds. The van der Waals surface area contributed by atoms with Gasteiger partial charge in [-0.15, -0.1) is 0 Å². The van der Waals surface area contributed by atoms with E-state index < -0.39 is 21.7 Å². The molecule has 10 heteroatoms. The van der Waals surface area contributed by atoms with Crippen LogP contribution in [0, 0.1) is 5.82 Å². The number of carbonyl (C=O) groups excluding carboxylic acids is 1. The maximum absolute atomic E-state index is 13.5. The normalized spacial score (nSPS) is 14.7. The highest BCUT2D eigenvalue weighted by Crippen LogP contribution is 2.32. The Hall–Kier alpha value is -3.24. The summed E-state index contributed by atoms with van der Waals surface area (Å²) in [5.74, 6) is -0.910. The van der Waals surface area contributed by atoms with Crippen LogP contribution in [-0.4, -0.2) is 43.5 Å². The molecule has 0 bridgehead atoms. The van der Waals surface area contributed by atoms with Crippen molar-refractivity contribution in [3.8, 4) is 17.0 Å². The summed E-state index contributed by atoms with van der Waals surface area (Å²) in [5.41, 5.74) is 1.04. The molecule has 8 nitrogen and oxygen atoms in total. The summed E-state index contributed by atoms with van der Waals surface area (Å²) in [6, 6.07) is 11.6. The van der Waals surface area contributed by atoms with Gasteiger partial charge in [-0.25, -0.2) is 12.8 Å². The Bertz CT molecular complexity index is 1250. The lowest BCUT2D eigenvalue weighted by Gasteiger charge is -2.26. The molecule has 2 aromatic carbocycles. The minimum absolute atomic E-state index is 0.00192. The van der Waals surface area contributed by atoms with E-state index in [1.54, 1.807) is 19.1 Å². The number of amides is 1. The number of nitrogens with zero attached hydrogens (tertiary/aromatic N) is 2. The smallest absolute Gasteiger partial charge is 0.294 e. The number of piperidine rings is 1. The van der Waals surface area contributed by atoms with Crippen LogP contribution in [-0.2, 0) is 10.0 Å². The van der Waals surface area contributed by atoms with Crippen LogP contribution in [0.5, 0.6) is 5.75 Å². The van der Waals surface area contributed by atoms with Crippen molar-refractivity contribution in [1.29, 1.82) is 0 Å². The number of sulfonamides is 1. The van der Waals surface area contributed by atoms with Gasteiger partial charge in [-0.2, -0.15) is 4.31 Å². The van der Waals surface area contributed by atoms with Gasteiger partial charge in [-0.05, 0) is 50.1 Å². The fourth-order valence-corrected chi connectivity index (χ4v) is 5.34. The monoisotopic (exact) mass is 473 g/mol. The number of benzene rings is 2. The zero-order valence-electron chi connectivity index (χ0n) is 18.1. The minimum atomic E-state index is -3.79. The van der Waals surface area contributed by atoms with Crippen LogP contribution in [0.1, 0.15) is 36.7 Å². The Morgan fingerprint density at radius 2 is 1.94 bits per heavy atom. The third-order valence-electron chi connectivity index (χ3n) is 5.29. The molecule has 3 aromatic rings. The molecule has 1 aromatic heterocycles. The van der Waals surface area contributed by atoms with E-state index in [0.29, 0.717) is 31.0 Å². The summed E-state index contributed by atoms with van der Waals surface area (Å²) in [5, 5.41) is 6.46. The summed E-state index contributed by atoms with van der Waals surface area (Å²) in [7, 11) is -3.79. The number of nitrogens with one attached hydrogen (secondary N) is 1. The number of aromatic nitrogens is 1. The lowest BCUT2D eigenvalue weighted by atomic mass is 10.1. The summed E-state index contributed by atoms with van der Waals surface area (Å²) in [6.07, 6.45) is 2.60. The highest BCUT2D eigenvalue weighted by molar-refractivity contribution is 7.89. The third kappa shape index (κ3) is 5.07. The molecule has 0 saturated carbocycles. The number of hydrogen-bond acceptors (Lipinski definition) is 6. The van der Waals surface area contributed by atoms with Crippen molar-refractivity contribution >= 4 is 21.6 Å². The molecular weight excluding hydrogens is 449 g/mol. The van der Waals surface area contributed by atoms with Crippen molar-refractivity contribution in [1.82, 2.24) is 9.46 Å². The van der Waals surface area contributed by atoms with Crippen molar-refractivity contribution in [3.05, 3.63) is 60.1 Å². The third-order valence-corrected chi connectivity index (χ3v) is 7.21. The molecule has 1 aliphatic rings. The molecule has 174 valence electrons. The van der Waals surface area contributed by atoms with Crippen molar-refractivity contribution in [2.75, 3.05) is 25.0 Å². The molecule has 0 aliphatic carbocycles.